The summed E-state index contributed by atoms with van der Waals surface area (Å²) in [5.74, 6) is 1.19. The molecule has 27 heavy (non-hydrogen) atoms. The fourth-order valence-electron chi connectivity index (χ4n) is 5.68. The summed E-state index contributed by atoms with van der Waals surface area (Å²) in [6.07, 6.45) is 9.74. The SMILES string of the molecule is CCCC[C@H]1C2CC(OC(=O)Nc3ccc(Cl)cc3)C(C2)[C@H]2CCCCN21. The Morgan fingerprint density at radius 3 is 2.85 bits per heavy atom. The van der Waals surface area contributed by atoms with E-state index in [1.54, 1.807) is 24.3 Å². The Balaban J connectivity index is 1.42. The van der Waals surface area contributed by atoms with Gasteiger partial charge in [0, 0.05) is 28.7 Å². The lowest BCUT2D eigenvalue weighted by molar-refractivity contribution is -0.0177. The molecule has 2 aliphatic heterocycles. The standard InChI is InChI=1S/C22H31ClN2O2/c1-2-3-6-19-15-13-18(20-7-4-5-12-25(19)20)21(14-15)27-22(26)24-17-10-8-16(23)9-11-17/h8-11,15,18-21H,2-7,12-14H2,1H3,(H,24,26)/t15?,18?,19-,20+,21?/m0/s1. The monoisotopic (exact) mass is 390 g/mol. The lowest BCUT2D eigenvalue weighted by Gasteiger charge is -2.49. The van der Waals surface area contributed by atoms with Crippen LogP contribution in [-0.4, -0.2) is 35.7 Å². The van der Waals surface area contributed by atoms with E-state index >= 15 is 0 Å². The van der Waals surface area contributed by atoms with Crippen LogP contribution in [0.5, 0.6) is 0 Å². The third kappa shape index (κ3) is 4.12. The number of rotatable bonds is 5. The first kappa shape index (κ1) is 19.1. The molecule has 1 saturated carbocycles. The maximum absolute atomic E-state index is 12.5. The number of nitrogens with one attached hydrogen (secondary N) is 1. The molecule has 148 valence electrons. The fourth-order valence-corrected chi connectivity index (χ4v) is 5.81. The Kier molecular flexibility index (Phi) is 5.93. The van der Waals surface area contributed by atoms with Crippen LogP contribution in [0, 0.1) is 11.8 Å². The largest absolute Gasteiger partial charge is 0.446 e. The molecule has 3 unspecified atom stereocenters. The lowest BCUT2D eigenvalue weighted by atomic mass is 9.79. The van der Waals surface area contributed by atoms with Crippen molar-refractivity contribution in [3.05, 3.63) is 29.3 Å². The zero-order valence-electron chi connectivity index (χ0n) is 16.2. The third-order valence-electron chi connectivity index (χ3n) is 6.85. The highest BCUT2D eigenvalue weighted by Crippen LogP contribution is 2.49. The van der Waals surface area contributed by atoms with Crippen LogP contribution in [0.3, 0.4) is 0 Å². The number of amides is 1. The number of piperidine rings is 2. The Morgan fingerprint density at radius 2 is 2.07 bits per heavy atom. The zero-order valence-corrected chi connectivity index (χ0v) is 17.0. The van der Waals surface area contributed by atoms with Crippen molar-refractivity contribution in [2.75, 3.05) is 11.9 Å². The van der Waals surface area contributed by atoms with Crippen molar-refractivity contribution in [2.45, 2.75) is 76.5 Å². The van der Waals surface area contributed by atoms with Gasteiger partial charge in [0.25, 0.3) is 0 Å². The second-order valence-electron chi connectivity index (χ2n) is 8.48. The second-order valence-corrected chi connectivity index (χ2v) is 8.92. The van der Waals surface area contributed by atoms with Crippen molar-refractivity contribution in [3.63, 3.8) is 0 Å². The summed E-state index contributed by atoms with van der Waals surface area (Å²) in [5, 5.41) is 3.52. The molecule has 1 N–H and O–H groups in total. The lowest BCUT2D eigenvalue weighted by Crippen LogP contribution is -2.55. The van der Waals surface area contributed by atoms with Gasteiger partial charge in [-0.2, -0.15) is 0 Å². The van der Waals surface area contributed by atoms with E-state index in [2.05, 4.69) is 17.1 Å². The van der Waals surface area contributed by atoms with Crippen molar-refractivity contribution in [3.8, 4) is 0 Å². The van der Waals surface area contributed by atoms with Gasteiger partial charge in [-0.1, -0.05) is 37.8 Å². The van der Waals surface area contributed by atoms with Gasteiger partial charge < -0.3 is 4.74 Å². The molecule has 4 nitrogen and oxygen atoms in total. The van der Waals surface area contributed by atoms with Crippen molar-refractivity contribution < 1.29 is 9.53 Å². The molecule has 3 fully saturated rings. The molecule has 3 aliphatic rings. The van der Waals surface area contributed by atoms with Crippen LogP contribution >= 0.6 is 11.6 Å². The van der Waals surface area contributed by atoms with E-state index in [-0.39, 0.29) is 12.2 Å². The number of ether oxygens (including phenoxy) is 1. The number of halogens is 1. The van der Waals surface area contributed by atoms with Crippen LogP contribution in [0.15, 0.2) is 24.3 Å². The van der Waals surface area contributed by atoms with E-state index in [0.717, 1.165) is 12.1 Å². The molecule has 2 bridgehead atoms. The molecule has 5 heteroatoms. The normalized spacial score (nSPS) is 32.7. The number of fused-ring (bicyclic) bond motifs is 4. The number of hydrogen-bond acceptors (Lipinski definition) is 3. The van der Waals surface area contributed by atoms with Gasteiger partial charge in [0.1, 0.15) is 6.10 Å². The summed E-state index contributed by atoms with van der Waals surface area (Å²) in [5.41, 5.74) is 0.727. The summed E-state index contributed by atoms with van der Waals surface area (Å²) in [6, 6.07) is 8.46. The number of carbonyl (C=O) groups excluding carboxylic acids is 1. The number of nitrogens with zero attached hydrogens (tertiary/aromatic N) is 1. The minimum absolute atomic E-state index is 0.0551. The quantitative estimate of drug-likeness (QED) is 0.700. The highest BCUT2D eigenvalue weighted by atomic mass is 35.5. The molecular weight excluding hydrogens is 360 g/mol. The number of carbonyl (C=O) groups is 1. The summed E-state index contributed by atoms with van der Waals surface area (Å²) in [7, 11) is 0. The number of unbranched alkanes of at least 4 members (excludes halogenated alkanes) is 1. The predicted molar refractivity (Wildman–Crippen MR) is 109 cm³/mol. The summed E-state index contributed by atoms with van der Waals surface area (Å²) < 4.78 is 5.95. The molecule has 1 aromatic carbocycles. The van der Waals surface area contributed by atoms with Crippen molar-refractivity contribution in [1.29, 1.82) is 0 Å². The van der Waals surface area contributed by atoms with E-state index in [0.29, 0.717) is 28.9 Å². The summed E-state index contributed by atoms with van der Waals surface area (Å²) in [6.45, 7) is 3.51. The first-order valence-corrected chi connectivity index (χ1v) is 11.0. The van der Waals surface area contributed by atoms with Crippen LogP contribution in [0.4, 0.5) is 10.5 Å². The van der Waals surface area contributed by atoms with Crippen LogP contribution in [-0.2, 0) is 4.74 Å². The fraction of sp³-hybridized carbons (Fsp3) is 0.682. The molecule has 0 aromatic heterocycles. The maximum atomic E-state index is 12.5. The van der Waals surface area contributed by atoms with Gasteiger partial charge in [-0.15, -0.1) is 0 Å². The van der Waals surface area contributed by atoms with Gasteiger partial charge >= 0.3 is 6.09 Å². The Labute approximate surface area is 167 Å². The average molecular weight is 391 g/mol. The first-order chi connectivity index (χ1) is 13.2. The predicted octanol–water partition coefficient (Wildman–Crippen LogP) is 5.71. The smallest absolute Gasteiger partial charge is 0.411 e. The van der Waals surface area contributed by atoms with Crippen LogP contribution in [0.25, 0.3) is 0 Å². The van der Waals surface area contributed by atoms with Gasteiger partial charge in [0.2, 0.25) is 0 Å². The maximum Gasteiger partial charge on any atom is 0.411 e. The van der Waals surface area contributed by atoms with Gasteiger partial charge in [-0.3, -0.25) is 10.2 Å². The average Bonchev–Trinajstić information content (AvgIpc) is 3.03. The topological polar surface area (TPSA) is 41.6 Å². The van der Waals surface area contributed by atoms with E-state index in [1.165, 1.54) is 51.5 Å². The van der Waals surface area contributed by atoms with Crippen LogP contribution < -0.4 is 5.32 Å². The molecule has 1 aromatic rings. The van der Waals surface area contributed by atoms with Gasteiger partial charge in [-0.25, -0.2) is 4.79 Å². The minimum atomic E-state index is -0.331. The number of benzene rings is 1. The molecule has 1 aliphatic carbocycles. The Bertz CT molecular complexity index is 650. The van der Waals surface area contributed by atoms with Crippen molar-refractivity contribution in [1.82, 2.24) is 4.90 Å². The number of anilines is 1. The Hall–Kier alpha value is -1.26. The third-order valence-corrected chi connectivity index (χ3v) is 7.10. The van der Waals surface area contributed by atoms with E-state index in [9.17, 15) is 4.79 Å². The minimum Gasteiger partial charge on any atom is -0.446 e. The molecular formula is C22H31ClN2O2. The van der Waals surface area contributed by atoms with Gasteiger partial charge in [0.15, 0.2) is 0 Å². The summed E-state index contributed by atoms with van der Waals surface area (Å²) in [4.78, 5) is 15.3. The van der Waals surface area contributed by atoms with E-state index < -0.39 is 0 Å². The highest BCUT2D eigenvalue weighted by Gasteiger charge is 2.52. The van der Waals surface area contributed by atoms with E-state index in [4.69, 9.17) is 16.3 Å². The summed E-state index contributed by atoms with van der Waals surface area (Å²) >= 11 is 5.91. The Morgan fingerprint density at radius 1 is 1.26 bits per heavy atom. The molecule has 0 spiro atoms. The van der Waals surface area contributed by atoms with Gasteiger partial charge in [-0.05, 0) is 68.8 Å². The molecule has 2 heterocycles. The van der Waals surface area contributed by atoms with Crippen molar-refractivity contribution in [2.24, 2.45) is 11.8 Å². The molecule has 4 rings (SSSR count). The van der Waals surface area contributed by atoms with Gasteiger partial charge in [0.05, 0.1) is 0 Å². The highest BCUT2D eigenvalue weighted by molar-refractivity contribution is 6.30. The molecule has 0 radical (unpaired) electrons. The van der Waals surface area contributed by atoms with Crippen LogP contribution in [0.1, 0.15) is 58.3 Å². The number of hydrogen-bond donors (Lipinski definition) is 1. The zero-order chi connectivity index (χ0) is 18.8. The molecule has 1 amide bonds. The van der Waals surface area contributed by atoms with Crippen LogP contribution in [0.2, 0.25) is 5.02 Å². The van der Waals surface area contributed by atoms with E-state index in [1.807, 2.05) is 0 Å². The first-order valence-electron chi connectivity index (χ1n) is 10.6. The molecule has 5 atom stereocenters. The van der Waals surface area contributed by atoms with Crippen molar-refractivity contribution >= 4 is 23.4 Å². The molecule has 2 saturated heterocycles. The second kappa shape index (κ2) is 8.40.